The Labute approximate surface area is 139 Å². The van der Waals surface area contributed by atoms with Crippen LogP contribution in [0.25, 0.3) is 0 Å². The predicted molar refractivity (Wildman–Crippen MR) is 92.4 cm³/mol. The van der Waals surface area contributed by atoms with Crippen LogP contribution in [0.3, 0.4) is 0 Å². The Morgan fingerprint density at radius 2 is 1.68 bits per heavy atom. The zero-order valence-electron chi connectivity index (χ0n) is 12.8. The predicted octanol–water partition coefficient (Wildman–Crippen LogP) is 3.95. The molecule has 2 rings (SSSR count). The van der Waals surface area contributed by atoms with Gasteiger partial charge in [-0.2, -0.15) is 0 Å². The molecule has 0 heterocycles. The van der Waals surface area contributed by atoms with E-state index in [4.69, 9.17) is 0 Å². The second-order valence-corrected chi connectivity index (χ2v) is 5.53. The molecule has 2 aromatic carbocycles. The fraction of sp³-hybridized carbons (Fsp3) is 0.235. The van der Waals surface area contributed by atoms with Crippen LogP contribution in [0.1, 0.15) is 20.8 Å². The van der Waals surface area contributed by atoms with Crippen LogP contribution in [-0.4, -0.2) is 13.0 Å². The lowest BCUT2D eigenvalue weighted by atomic mass is 9.34. The summed E-state index contributed by atoms with van der Waals surface area (Å²) < 4.78 is 27.6. The number of halogens is 3. The molecule has 0 spiro atoms. The highest BCUT2D eigenvalue weighted by Gasteiger charge is 2.29. The molecular formula is C17H18BBrF2O. The molecule has 0 N–H and O–H groups in total. The van der Waals surface area contributed by atoms with E-state index >= 15 is 0 Å². The van der Waals surface area contributed by atoms with Crippen molar-refractivity contribution >= 4 is 39.9 Å². The number of benzene rings is 2. The van der Waals surface area contributed by atoms with Crippen molar-refractivity contribution in [3.63, 3.8) is 0 Å². The van der Waals surface area contributed by atoms with E-state index in [1.807, 2.05) is 44.2 Å². The maximum Gasteiger partial charge on any atom is 0.223 e. The molecule has 1 atom stereocenters. The van der Waals surface area contributed by atoms with Gasteiger partial charge in [-0.3, -0.25) is 0 Å². The largest absolute Gasteiger partial charge is 0.304 e. The van der Waals surface area contributed by atoms with Crippen molar-refractivity contribution in [2.24, 2.45) is 0 Å². The van der Waals surface area contributed by atoms with Gasteiger partial charge < -0.3 is 4.79 Å². The number of carbonyl (C=O) groups excluding carboxylic acids is 1. The van der Waals surface area contributed by atoms with E-state index in [2.05, 4.69) is 15.9 Å². The summed E-state index contributed by atoms with van der Waals surface area (Å²) in [4.78, 5) is 11.1. The number of hydrogen-bond donors (Lipinski definition) is 0. The Balaban J connectivity index is 0.00000116. The van der Waals surface area contributed by atoms with Crippen molar-refractivity contribution in [2.45, 2.75) is 26.6 Å². The molecule has 5 heteroatoms. The molecule has 2 aromatic rings. The molecule has 0 aliphatic rings. The Morgan fingerprint density at radius 3 is 2.23 bits per heavy atom. The first-order valence-corrected chi connectivity index (χ1v) is 7.98. The second kappa shape index (κ2) is 8.84. The lowest BCUT2D eigenvalue weighted by molar-refractivity contribution is -0.107. The first-order valence-electron chi connectivity index (χ1n) is 7.19. The van der Waals surface area contributed by atoms with Crippen LogP contribution < -0.4 is 10.9 Å². The maximum absolute atomic E-state index is 14.1. The smallest absolute Gasteiger partial charge is 0.223 e. The molecule has 22 heavy (non-hydrogen) atoms. The standard InChI is InChI=1S/C15H12BBrF2O.C2H6/c1-10(9-20)16(11-5-3-2-4-6-11)12-7-13(17)15(19)8-14(12)18;1-2/h2-10H,1H3;1-2H3. The highest BCUT2D eigenvalue weighted by atomic mass is 79.9. The minimum Gasteiger partial charge on any atom is -0.304 e. The van der Waals surface area contributed by atoms with Crippen LogP contribution >= 0.6 is 15.9 Å². The lowest BCUT2D eigenvalue weighted by Gasteiger charge is -2.18. The second-order valence-electron chi connectivity index (χ2n) is 4.67. The van der Waals surface area contributed by atoms with E-state index in [0.717, 1.165) is 17.8 Å². The van der Waals surface area contributed by atoms with Crippen LogP contribution in [0.4, 0.5) is 8.78 Å². The topological polar surface area (TPSA) is 17.1 Å². The Kier molecular flexibility index (Phi) is 7.46. The molecule has 0 saturated heterocycles. The van der Waals surface area contributed by atoms with Crippen molar-refractivity contribution in [1.29, 1.82) is 0 Å². The SMILES string of the molecule is CC.CC(C=O)B(c1ccccc1)c1cc(Br)c(F)cc1F. The molecule has 0 fully saturated rings. The van der Waals surface area contributed by atoms with Gasteiger partial charge in [0.2, 0.25) is 6.71 Å². The first-order chi connectivity index (χ1) is 10.5. The van der Waals surface area contributed by atoms with Crippen molar-refractivity contribution < 1.29 is 13.6 Å². The Hall–Kier alpha value is -1.49. The molecule has 116 valence electrons. The highest BCUT2D eigenvalue weighted by molar-refractivity contribution is 9.10. The minimum absolute atomic E-state index is 0.188. The molecule has 0 amide bonds. The third-order valence-corrected chi connectivity index (χ3v) is 3.88. The summed E-state index contributed by atoms with van der Waals surface area (Å²) in [6, 6.07) is 11.4. The van der Waals surface area contributed by atoms with Gasteiger partial charge in [-0.25, -0.2) is 8.78 Å². The van der Waals surface area contributed by atoms with Gasteiger partial charge in [-0.05, 0) is 33.3 Å². The molecule has 1 nitrogen and oxygen atoms in total. The highest BCUT2D eigenvalue weighted by Crippen LogP contribution is 2.17. The first kappa shape index (κ1) is 18.6. The summed E-state index contributed by atoms with van der Waals surface area (Å²) in [5.41, 5.74) is 1.13. The van der Waals surface area contributed by atoms with Gasteiger partial charge in [0, 0.05) is 6.07 Å². The molecule has 0 aliphatic heterocycles. The van der Waals surface area contributed by atoms with Gasteiger partial charge in [-0.15, -0.1) is 0 Å². The zero-order chi connectivity index (χ0) is 16.7. The molecular weight excluding hydrogens is 349 g/mol. The Bertz CT molecular complexity index is 620. The van der Waals surface area contributed by atoms with Crippen molar-refractivity contribution in [1.82, 2.24) is 0 Å². The number of hydrogen-bond acceptors (Lipinski definition) is 1. The lowest BCUT2D eigenvalue weighted by Crippen LogP contribution is -2.47. The summed E-state index contributed by atoms with van der Waals surface area (Å²) in [7, 11) is 0. The van der Waals surface area contributed by atoms with Crippen molar-refractivity contribution in [2.75, 3.05) is 0 Å². The van der Waals surface area contributed by atoms with E-state index in [9.17, 15) is 13.6 Å². The van der Waals surface area contributed by atoms with E-state index in [1.54, 1.807) is 6.92 Å². The van der Waals surface area contributed by atoms with Gasteiger partial charge >= 0.3 is 0 Å². The molecule has 0 radical (unpaired) electrons. The molecule has 1 unspecified atom stereocenters. The Morgan fingerprint density at radius 1 is 1.09 bits per heavy atom. The van der Waals surface area contributed by atoms with Crippen LogP contribution in [-0.2, 0) is 4.79 Å². The van der Waals surface area contributed by atoms with E-state index in [-0.39, 0.29) is 4.47 Å². The monoisotopic (exact) mass is 366 g/mol. The van der Waals surface area contributed by atoms with E-state index in [1.165, 1.54) is 6.07 Å². The van der Waals surface area contributed by atoms with Crippen LogP contribution in [0, 0.1) is 11.6 Å². The molecule has 0 aliphatic carbocycles. The molecule has 0 saturated carbocycles. The van der Waals surface area contributed by atoms with Crippen LogP contribution in [0.2, 0.25) is 5.82 Å². The van der Waals surface area contributed by atoms with Gasteiger partial charge in [0.15, 0.2) is 0 Å². The average Bonchev–Trinajstić information content (AvgIpc) is 2.55. The summed E-state index contributed by atoms with van der Waals surface area (Å²) in [5.74, 6) is -1.71. The van der Waals surface area contributed by atoms with Crippen molar-refractivity contribution in [3.05, 3.63) is 58.6 Å². The van der Waals surface area contributed by atoms with Crippen molar-refractivity contribution in [3.8, 4) is 0 Å². The van der Waals surface area contributed by atoms with E-state index < -0.39 is 24.2 Å². The summed E-state index contributed by atoms with van der Waals surface area (Å²) in [5, 5.41) is 0. The summed E-state index contributed by atoms with van der Waals surface area (Å²) in [6.07, 6.45) is 0.786. The van der Waals surface area contributed by atoms with Crippen LogP contribution in [0.15, 0.2) is 46.9 Å². The minimum atomic E-state index is -0.656. The van der Waals surface area contributed by atoms with Gasteiger partial charge in [0.1, 0.15) is 17.9 Å². The number of aldehydes is 1. The summed E-state index contributed by atoms with van der Waals surface area (Å²) >= 11 is 3.06. The van der Waals surface area contributed by atoms with Gasteiger partial charge in [0.05, 0.1) is 4.47 Å². The quantitative estimate of drug-likeness (QED) is 0.455. The normalized spacial score (nSPS) is 11.2. The fourth-order valence-corrected chi connectivity index (χ4v) is 2.64. The summed E-state index contributed by atoms with van der Waals surface area (Å²) in [6.45, 7) is 5.28. The third-order valence-electron chi connectivity index (χ3n) is 3.27. The molecule has 0 bridgehead atoms. The molecule has 0 aromatic heterocycles. The fourth-order valence-electron chi connectivity index (χ4n) is 2.28. The van der Waals surface area contributed by atoms with Gasteiger partial charge in [0.25, 0.3) is 0 Å². The average molecular weight is 367 g/mol. The van der Waals surface area contributed by atoms with Crippen LogP contribution in [0.5, 0.6) is 0 Å². The van der Waals surface area contributed by atoms with E-state index in [0.29, 0.717) is 5.46 Å². The maximum atomic E-state index is 14.1. The zero-order valence-corrected chi connectivity index (χ0v) is 14.4. The number of rotatable bonds is 4. The van der Waals surface area contributed by atoms with Gasteiger partial charge in [-0.1, -0.05) is 56.6 Å². The number of carbonyl (C=O) groups is 1. The third kappa shape index (κ3) is 4.26.